The smallest absolute Gasteiger partial charge is 0.422 e. The van der Waals surface area contributed by atoms with Crippen LogP contribution in [0.25, 0.3) is 22.5 Å². The molecule has 11 heteroatoms. The first-order valence-corrected chi connectivity index (χ1v) is 10.8. The van der Waals surface area contributed by atoms with Crippen molar-refractivity contribution < 1.29 is 31.8 Å². The van der Waals surface area contributed by atoms with Crippen LogP contribution < -0.4 is 10.1 Å². The van der Waals surface area contributed by atoms with E-state index in [1.54, 1.807) is 18.2 Å². The van der Waals surface area contributed by atoms with Crippen LogP contribution in [-0.4, -0.2) is 51.4 Å². The number of fused-ring (bicyclic) bond motifs is 1. The summed E-state index contributed by atoms with van der Waals surface area (Å²) in [4.78, 5) is 4.69. The van der Waals surface area contributed by atoms with E-state index in [1.165, 1.54) is 0 Å². The molecule has 0 unspecified atom stereocenters. The van der Waals surface area contributed by atoms with E-state index in [0.717, 1.165) is 5.56 Å². The molecule has 1 aliphatic carbocycles. The molecule has 1 saturated carbocycles. The number of alkyl halides is 4. The fraction of sp³-hybridized carbons (Fsp3) is 0.522. The number of aliphatic hydroxyl groups is 1. The van der Waals surface area contributed by atoms with E-state index < -0.39 is 30.5 Å². The van der Waals surface area contributed by atoms with Gasteiger partial charge in [0, 0.05) is 11.4 Å². The molecule has 0 atom stereocenters. The Hall–Kier alpha value is -2.95. The molecule has 1 fully saturated rings. The third-order valence-electron chi connectivity index (χ3n) is 5.78. The Labute approximate surface area is 193 Å². The number of halogens is 4. The van der Waals surface area contributed by atoms with Gasteiger partial charge in [-0.15, -0.1) is 5.10 Å². The van der Waals surface area contributed by atoms with Crippen LogP contribution >= 0.6 is 0 Å². The van der Waals surface area contributed by atoms with Crippen LogP contribution in [0.2, 0.25) is 0 Å². The molecule has 2 heterocycles. The van der Waals surface area contributed by atoms with Crippen LogP contribution in [0.4, 0.5) is 23.6 Å². The molecule has 184 valence electrons. The van der Waals surface area contributed by atoms with Gasteiger partial charge in [0.2, 0.25) is 0 Å². The Kier molecular flexibility index (Phi) is 5.95. The minimum absolute atomic E-state index is 0.116. The number of aromatic nitrogens is 3. The molecule has 2 aromatic heterocycles. The molecule has 7 nitrogen and oxygen atoms in total. The number of rotatable bonds is 6. The van der Waals surface area contributed by atoms with E-state index in [-0.39, 0.29) is 36.5 Å². The zero-order valence-electron chi connectivity index (χ0n) is 19.3. The van der Waals surface area contributed by atoms with Gasteiger partial charge in [0.05, 0.1) is 11.1 Å². The molecular formula is C23H26F4N4O3. The van der Waals surface area contributed by atoms with Crippen LogP contribution in [0.1, 0.15) is 44.7 Å². The monoisotopic (exact) mass is 482 g/mol. The largest absolute Gasteiger partial charge is 0.484 e. The SMILES string of the molecule is Cc1cc(-c2nnc(N[C@H]3C[C@@](O)(CF)C3)o2)nc2c(C(C)(C)C)cc(OCC(F)(F)F)cc12. The normalized spacial score (nSPS) is 20.9. The quantitative estimate of drug-likeness (QED) is 0.472. The zero-order valence-corrected chi connectivity index (χ0v) is 19.3. The lowest BCUT2D eigenvalue weighted by Gasteiger charge is -2.41. The van der Waals surface area contributed by atoms with Crippen LogP contribution in [0, 0.1) is 6.92 Å². The van der Waals surface area contributed by atoms with Gasteiger partial charge in [0.25, 0.3) is 5.89 Å². The predicted octanol–water partition coefficient (Wildman–Crippen LogP) is 5.11. The van der Waals surface area contributed by atoms with Gasteiger partial charge < -0.3 is 19.6 Å². The Morgan fingerprint density at radius 2 is 1.88 bits per heavy atom. The van der Waals surface area contributed by atoms with E-state index in [4.69, 9.17) is 14.1 Å². The summed E-state index contributed by atoms with van der Waals surface area (Å²) in [7, 11) is 0. The molecule has 0 spiro atoms. The molecule has 4 rings (SSSR count). The highest BCUT2D eigenvalue weighted by atomic mass is 19.4. The maximum atomic E-state index is 12.8. The predicted molar refractivity (Wildman–Crippen MR) is 118 cm³/mol. The first-order valence-electron chi connectivity index (χ1n) is 10.8. The summed E-state index contributed by atoms with van der Waals surface area (Å²) < 4.78 is 61.5. The first kappa shape index (κ1) is 24.2. The fourth-order valence-corrected chi connectivity index (χ4v) is 4.02. The molecule has 1 aromatic carbocycles. The molecule has 1 aliphatic rings. The van der Waals surface area contributed by atoms with Crippen LogP contribution in [0.5, 0.6) is 5.75 Å². The third-order valence-corrected chi connectivity index (χ3v) is 5.78. The van der Waals surface area contributed by atoms with Crippen molar-refractivity contribution in [3.63, 3.8) is 0 Å². The van der Waals surface area contributed by atoms with Crippen molar-refractivity contribution >= 4 is 16.9 Å². The Bertz CT molecular complexity index is 1200. The zero-order chi connectivity index (χ0) is 24.9. The Balaban J connectivity index is 1.66. The number of hydrogen-bond donors (Lipinski definition) is 2. The van der Waals surface area contributed by atoms with E-state index in [9.17, 15) is 22.7 Å². The van der Waals surface area contributed by atoms with Crippen LogP contribution in [-0.2, 0) is 5.41 Å². The van der Waals surface area contributed by atoms with Gasteiger partial charge in [0.1, 0.15) is 18.1 Å². The number of ether oxygens (including phenoxy) is 1. The summed E-state index contributed by atoms with van der Waals surface area (Å²) in [6.45, 7) is 5.43. The van der Waals surface area contributed by atoms with Gasteiger partial charge in [-0.05, 0) is 54.5 Å². The van der Waals surface area contributed by atoms with Gasteiger partial charge in [-0.1, -0.05) is 25.9 Å². The maximum Gasteiger partial charge on any atom is 0.422 e. The number of anilines is 1. The average Bonchev–Trinajstić information content (AvgIpc) is 3.18. The molecule has 0 saturated heterocycles. The van der Waals surface area contributed by atoms with Crippen molar-refractivity contribution in [1.82, 2.24) is 15.2 Å². The molecule has 2 N–H and O–H groups in total. The fourth-order valence-electron chi connectivity index (χ4n) is 4.02. The average molecular weight is 482 g/mol. The number of pyridine rings is 1. The minimum atomic E-state index is -4.44. The Morgan fingerprint density at radius 3 is 2.50 bits per heavy atom. The van der Waals surface area contributed by atoms with Crippen molar-refractivity contribution in [3.8, 4) is 17.3 Å². The third kappa shape index (κ3) is 5.08. The lowest BCUT2D eigenvalue weighted by molar-refractivity contribution is -0.153. The summed E-state index contributed by atoms with van der Waals surface area (Å²) >= 11 is 0. The van der Waals surface area contributed by atoms with Crippen molar-refractivity contribution in [2.24, 2.45) is 0 Å². The number of benzene rings is 1. The molecule has 0 amide bonds. The van der Waals surface area contributed by atoms with Crippen molar-refractivity contribution in [3.05, 3.63) is 29.3 Å². The number of aryl methyl sites for hydroxylation is 1. The summed E-state index contributed by atoms with van der Waals surface area (Å²) in [5, 5.41) is 21.4. The van der Waals surface area contributed by atoms with Gasteiger partial charge in [-0.2, -0.15) is 13.2 Å². The van der Waals surface area contributed by atoms with Crippen molar-refractivity contribution in [2.45, 2.75) is 63.8 Å². The van der Waals surface area contributed by atoms with Gasteiger partial charge in [-0.25, -0.2) is 9.37 Å². The van der Waals surface area contributed by atoms with Crippen molar-refractivity contribution in [1.29, 1.82) is 0 Å². The van der Waals surface area contributed by atoms with E-state index in [0.29, 0.717) is 22.2 Å². The number of nitrogens with one attached hydrogen (secondary N) is 1. The van der Waals surface area contributed by atoms with Crippen LogP contribution in [0.15, 0.2) is 22.6 Å². The minimum Gasteiger partial charge on any atom is -0.484 e. The second-order valence-electron chi connectivity index (χ2n) is 9.87. The highest BCUT2D eigenvalue weighted by Crippen LogP contribution is 2.37. The second kappa shape index (κ2) is 8.37. The van der Waals surface area contributed by atoms with E-state index in [1.807, 2.05) is 27.7 Å². The lowest BCUT2D eigenvalue weighted by Crippen LogP contribution is -2.52. The summed E-state index contributed by atoms with van der Waals surface area (Å²) in [5.74, 6) is 0.273. The second-order valence-corrected chi connectivity index (χ2v) is 9.87. The number of nitrogens with zero attached hydrogens (tertiary/aromatic N) is 3. The van der Waals surface area contributed by atoms with Crippen molar-refractivity contribution in [2.75, 3.05) is 18.6 Å². The molecular weight excluding hydrogens is 456 g/mol. The van der Waals surface area contributed by atoms with Gasteiger partial charge in [0.15, 0.2) is 6.61 Å². The van der Waals surface area contributed by atoms with Gasteiger partial charge >= 0.3 is 12.2 Å². The Morgan fingerprint density at radius 1 is 1.18 bits per heavy atom. The topological polar surface area (TPSA) is 93.3 Å². The summed E-state index contributed by atoms with van der Waals surface area (Å²) in [6.07, 6.45) is -3.97. The summed E-state index contributed by atoms with van der Waals surface area (Å²) in [6, 6.07) is 4.79. The maximum absolute atomic E-state index is 12.8. The van der Waals surface area contributed by atoms with Gasteiger partial charge in [-0.3, -0.25) is 0 Å². The molecule has 3 aromatic rings. The molecule has 0 aliphatic heterocycles. The van der Waals surface area contributed by atoms with Crippen LogP contribution in [0.3, 0.4) is 0 Å². The molecule has 34 heavy (non-hydrogen) atoms. The lowest BCUT2D eigenvalue weighted by atomic mass is 9.77. The number of hydrogen-bond acceptors (Lipinski definition) is 7. The van der Waals surface area contributed by atoms with E-state index in [2.05, 4.69) is 15.5 Å². The standard InChI is InChI=1S/C23H26F4N4O3/c1-12-5-17(19-30-31-20(34-19)28-13-8-22(32,9-13)10-24)29-18-15(12)6-14(33-11-23(25,26)27)7-16(18)21(2,3)4/h5-7,13,32H,8-11H2,1-4H3,(H,28,31)/t13-,22-. The molecule has 0 radical (unpaired) electrons. The van der Waals surface area contributed by atoms with E-state index >= 15 is 0 Å². The highest BCUT2D eigenvalue weighted by Gasteiger charge is 2.43. The highest BCUT2D eigenvalue weighted by molar-refractivity contribution is 5.89. The summed E-state index contributed by atoms with van der Waals surface area (Å²) in [5.41, 5.74) is 0.735. The molecule has 0 bridgehead atoms. The first-order chi connectivity index (χ1) is 15.8.